The Morgan fingerprint density at radius 2 is 1.63 bits per heavy atom. The Hall–Kier alpha value is -2.97. The summed E-state index contributed by atoms with van der Waals surface area (Å²) in [6.45, 7) is 2.03. The number of aryl methyl sites for hydroxylation is 1. The van der Waals surface area contributed by atoms with Gasteiger partial charge < -0.3 is 0 Å². The monoisotopic (exact) mass is 405 g/mol. The highest BCUT2D eigenvalue weighted by Crippen LogP contribution is 2.16. The van der Waals surface area contributed by atoms with Gasteiger partial charge in [0.15, 0.2) is 5.69 Å². The van der Waals surface area contributed by atoms with Gasteiger partial charge in [-0.2, -0.15) is 5.10 Å². The molecular weight excluding hydrogens is 393 g/mol. The number of amides is 2. The Morgan fingerprint density at radius 3 is 2.30 bits per heavy atom. The molecule has 138 valence electrons. The molecule has 0 saturated heterocycles. The van der Waals surface area contributed by atoms with Crippen LogP contribution in [0.1, 0.15) is 27.9 Å². The zero-order chi connectivity index (χ0) is 19.6. The van der Waals surface area contributed by atoms with Crippen LogP contribution in [-0.2, 0) is 6.54 Å². The highest BCUT2D eigenvalue weighted by Gasteiger charge is 2.18. The van der Waals surface area contributed by atoms with Gasteiger partial charge >= 0.3 is 0 Å². The predicted octanol–water partition coefficient (Wildman–Crippen LogP) is 2.19. The number of carbonyl (C=O) groups excluding carboxylic acids is 2. The quantitative estimate of drug-likeness (QED) is 0.513. The number of hydrogen-bond acceptors (Lipinski definition) is 5. The fourth-order valence-corrected chi connectivity index (χ4v) is 2.77. The molecule has 2 amide bonds. The van der Waals surface area contributed by atoms with E-state index in [4.69, 9.17) is 23.2 Å². The van der Waals surface area contributed by atoms with Gasteiger partial charge in [-0.25, -0.2) is 9.67 Å². The molecule has 0 bridgehead atoms. The Bertz CT molecular complexity index is 1110. The summed E-state index contributed by atoms with van der Waals surface area (Å²) in [7, 11) is 0. The summed E-state index contributed by atoms with van der Waals surface area (Å²) in [4.78, 5) is 40.9. The summed E-state index contributed by atoms with van der Waals surface area (Å²) in [5.41, 5.74) is 4.02. The molecule has 0 aliphatic carbocycles. The molecule has 2 heterocycles. The van der Waals surface area contributed by atoms with Crippen molar-refractivity contribution in [3.8, 4) is 0 Å². The number of pyridine rings is 1. The average molecular weight is 406 g/mol. The fourth-order valence-electron chi connectivity index (χ4n) is 2.43. The molecule has 0 atom stereocenters. The van der Waals surface area contributed by atoms with Crippen molar-refractivity contribution in [3.63, 3.8) is 0 Å². The summed E-state index contributed by atoms with van der Waals surface area (Å²) in [5.74, 6) is -1.44. The minimum absolute atomic E-state index is 0.00231. The van der Waals surface area contributed by atoms with Crippen molar-refractivity contribution in [2.75, 3.05) is 0 Å². The second kappa shape index (κ2) is 7.73. The van der Waals surface area contributed by atoms with Crippen LogP contribution in [0.25, 0.3) is 10.8 Å². The van der Waals surface area contributed by atoms with Crippen molar-refractivity contribution in [2.24, 2.45) is 0 Å². The largest absolute Gasteiger partial charge is 0.290 e. The summed E-state index contributed by atoms with van der Waals surface area (Å²) >= 11 is 11.7. The Morgan fingerprint density at radius 1 is 1.00 bits per heavy atom. The Kier molecular flexibility index (Phi) is 5.38. The molecule has 0 spiro atoms. The standard InChI is InChI=1S/C17H13Cl2N5O3/c1-2-24-17(27)10-6-4-3-5-9(10)13(23-24)15(25)21-22-16(26)14-11(18)7-8-12(19)20-14/h3-8H,2H2,1H3,(H,21,25)(H,22,26). The molecule has 0 aliphatic heterocycles. The SMILES string of the molecule is CCn1nc(C(=O)NNC(=O)c2nc(Cl)ccc2Cl)c2ccccc2c1=O. The Balaban J connectivity index is 1.89. The van der Waals surface area contributed by atoms with Crippen LogP contribution in [-0.4, -0.2) is 26.6 Å². The van der Waals surface area contributed by atoms with E-state index in [1.807, 2.05) is 0 Å². The topological polar surface area (TPSA) is 106 Å². The normalized spacial score (nSPS) is 10.6. The summed E-state index contributed by atoms with van der Waals surface area (Å²) < 4.78 is 1.18. The van der Waals surface area contributed by atoms with Crippen LogP contribution in [0.5, 0.6) is 0 Å². The first-order valence-electron chi connectivity index (χ1n) is 7.85. The van der Waals surface area contributed by atoms with Crippen LogP contribution < -0.4 is 16.4 Å². The highest BCUT2D eigenvalue weighted by atomic mass is 35.5. The number of benzene rings is 1. The molecule has 0 unspecified atom stereocenters. The first kappa shape index (κ1) is 18.8. The van der Waals surface area contributed by atoms with Crippen LogP contribution >= 0.6 is 23.2 Å². The molecule has 0 saturated carbocycles. The number of fused-ring (bicyclic) bond motifs is 1. The van der Waals surface area contributed by atoms with E-state index < -0.39 is 11.8 Å². The molecule has 0 fully saturated rings. The van der Waals surface area contributed by atoms with Gasteiger partial charge in [0.2, 0.25) is 0 Å². The molecule has 0 aliphatic rings. The maximum absolute atomic E-state index is 12.5. The highest BCUT2D eigenvalue weighted by molar-refractivity contribution is 6.34. The molecule has 27 heavy (non-hydrogen) atoms. The van der Waals surface area contributed by atoms with E-state index in [0.717, 1.165) is 0 Å². The van der Waals surface area contributed by atoms with E-state index in [1.54, 1.807) is 31.2 Å². The van der Waals surface area contributed by atoms with E-state index in [0.29, 0.717) is 17.3 Å². The van der Waals surface area contributed by atoms with Crippen LogP contribution in [0.4, 0.5) is 0 Å². The van der Waals surface area contributed by atoms with Gasteiger partial charge in [-0.05, 0) is 25.1 Å². The lowest BCUT2D eigenvalue weighted by Gasteiger charge is -2.11. The average Bonchev–Trinajstić information content (AvgIpc) is 2.68. The van der Waals surface area contributed by atoms with E-state index in [9.17, 15) is 14.4 Å². The van der Waals surface area contributed by atoms with Crippen molar-refractivity contribution < 1.29 is 9.59 Å². The second-order valence-electron chi connectivity index (χ2n) is 5.39. The van der Waals surface area contributed by atoms with Crippen molar-refractivity contribution in [2.45, 2.75) is 13.5 Å². The zero-order valence-corrected chi connectivity index (χ0v) is 15.5. The van der Waals surface area contributed by atoms with E-state index in [1.165, 1.54) is 16.8 Å². The number of hydrazine groups is 1. The number of carbonyl (C=O) groups is 2. The lowest BCUT2D eigenvalue weighted by atomic mass is 10.1. The number of aromatic nitrogens is 3. The van der Waals surface area contributed by atoms with Crippen molar-refractivity contribution in [1.29, 1.82) is 0 Å². The zero-order valence-electron chi connectivity index (χ0n) is 14.0. The van der Waals surface area contributed by atoms with Gasteiger partial charge in [0.25, 0.3) is 17.4 Å². The maximum atomic E-state index is 12.5. The summed E-state index contributed by atoms with van der Waals surface area (Å²) in [6, 6.07) is 9.44. The number of nitrogens with zero attached hydrogens (tertiary/aromatic N) is 3. The van der Waals surface area contributed by atoms with Gasteiger partial charge in [0.05, 0.1) is 10.4 Å². The molecule has 8 nitrogen and oxygen atoms in total. The number of halogens is 2. The lowest BCUT2D eigenvalue weighted by Crippen LogP contribution is -2.43. The summed E-state index contributed by atoms with van der Waals surface area (Å²) in [6.07, 6.45) is 0. The molecule has 10 heteroatoms. The third kappa shape index (κ3) is 3.76. The smallest absolute Gasteiger partial charge is 0.267 e. The van der Waals surface area contributed by atoms with Gasteiger partial charge in [-0.15, -0.1) is 0 Å². The molecule has 2 N–H and O–H groups in total. The maximum Gasteiger partial charge on any atom is 0.290 e. The molecule has 0 radical (unpaired) electrons. The fraction of sp³-hybridized carbons (Fsp3) is 0.118. The minimum Gasteiger partial charge on any atom is -0.267 e. The lowest BCUT2D eigenvalue weighted by molar-refractivity contribution is 0.0841. The predicted molar refractivity (Wildman–Crippen MR) is 101 cm³/mol. The number of rotatable bonds is 3. The molecule has 2 aromatic heterocycles. The van der Waals surface area contributed by atoms with Gasteiger partial charge in [0, 0.05) is 11.9 Å². The van der Waals surface area contributed by atoms with Gasteiger partial charge in [-0.3, -0.25) is 25.2 Å². The first-order chi connectivity index (χ1) is 12.9. The van der Waals surface area contributed by atoms with Gasteiger partial charge in [0.1, 0.15) is 10.8 Å². The second-order valence-corrected chi connectivity index (χ2v) is 6.18. The third-order valence-corrected chi connectivity index (χ3v) is 4.21. The summed E-state index contributed by atoms with van der Waals surface area (Å²) in [5, 5.41) is 4.96. The molecule has 3 rings (SSSR count). The molecular formula is C17H13Cl2N5O3. The van der Waals surface area contributed by atoms with Gasteiger partial charge in [-0.1, -0.05) is 41.4 Å². The number of hydrogen-bond donors (Lipinski definition) is 2. The van der Waals surface area contributed by atoms with Crippen LogP contribution in [0.15, 0.2) is 41.2 Å². The van der Waals surface area contributed by atoms with E-state index in [2.05, 4.69) is 20.9 Å². The van der Waals surface area contributed by atoms with Crippen LogP contribution in [0, 0.1) is 0 Å². The van der Waals surface area contributed by atoms with Crippen LogP contribution in [0.3, 0.4) is 0 Å². The van der Waals surface area contributed by atoms with E-state index >= 15 is 0 Å². The first-order valence-corrected chi connectivity index (χ1v) is 8.60. The third-order valence-electron chi connectivity index (χ3n) is 3.70. The van der Waals surface area contributed by atoms with Crippen molar-refractivity contribution in [3.05, 3.63) is 68.3 Å². The van der Waals surface area contributed by atoms with Crippen LogP contribution in [0.2, 0.25) is 10.2 Å². The molecule has 3 aromatic rings. The molecule has 1 aromatic carbocycles. The Labute approximate surface area is 163 Å². The van der Waals surface area contributed by atoms with Crippen molar-refractivity contribution in [1.82, 2.24) is 25.6 Å². The minimum atomic E-state index is -0.746. The number of nitrogens with one attached hydrogen (secondary N) is 2. The van der Waals surface area contributed by atoms with Crippen molar-refractivity contribution >= 4 is 45.8 Å². The van der Waals surface area contributed by atoms with E-state index in [-0.39, 0.29) is 27.1 Å².